The van der Waals surface area contributed by atoms with Crippen LogP contribution in [0.15, 0.2) is 35.6 Å². The number of fused-ring (bicyclic) bond motifs is 1. The molecule has 30 heavy (non-hydrogen) atoms. The topological polar surface area (TPSA) is 106 Å². The van der Waals surface area contributed by atoms with Gasteiger partial charge in [-0.3, -0.25) is 9.59 Å². The van der Waals surface area contributed by atoms with Gasteiger partial charge in [0.15, 0.2) is 5.16 Å². The number of piperidine rings is 1. The Morgan fingerprint density at radius 2 is 2.13 bits per heavy atom. The number of rotatable bonds is 5. The fourth-order valence-electron chi connectivity index (χ4n) is 3.60. The Labute approximate surface area is 178 Å². The van der Waals surface area contributed by atoms with Gasteiger partial charge in [-0.1, -0.05) is 36.0 Å². The summed E-state index contributed by atoms with van der Waals surface area (Å²) in [5.74, 6) is 0.241. The first-order valence-corrected chi connectivity index (χ1v) is 11.1. The number of carbonyl (C=O) groups is 2. The molecule has 0 radical (unpaired) electrons. The molecule has 10 heteroatoms. The highest BCUT2D eigenvalue weighted by atomic mass is 32.2. The second-order valence-corrected chi connectivity index (χ2v) is 7.86. The molecule has 0 spiro atoms. The monoisotopic (exact) mass is 425 g/mol. The third-order valence-electron chi connectivity index (χ3n) is 5.14. The number of nitrogens with zero attached hydrogens (tertiary/aromatic N) is 6. The largest absolute Gasteiger partial charge is 0.365 e. The highest BCUT2D eigenvalue weighted by molar-refractivity contribution is 7.98. The van der Waals surface area contributed by atoms with E-state index in [2.05, 4.69) is 25.6 Å². The van der Waals surface area contributed by atoms with Crippen LogP contribution in [0.4, 0.5) is 5.82 Å². The van der Waals surface area contributed by atoms with Gasteiger partial charge in [-0.25, -0.2) is 9.97 Å². The Kier molecular flexibility index (Phi) is 5.93. The van der Waals surface area contributed by atoms with E-state index in [0.717, 1.165) is 19.4 Å². The quantitative estimate of drug-likeness (QED) is 0.491. The highest BCUT2D eigenvalue weighted by Crippen LogP contribution is 2.22. The zero-order valence-corrected chi connectivity index (χ0v) is 17.7. The van der Waals surface area contributed by atoms with E-state index in [1.165, 1.54) is 22.6 Å². The second kappa shape index (κ2) is 8.78. The normalized spacial score (nSPS) is 16.6. The maximum Gasteiger partial charge on any atom is 0.285 e. The van der Waals surface area contributed by atoms with Crippen molar-refractivity contribution in [2.75, 3.05) is 24.7 Å². The molecule has 0 bridgehead atoms. The van der Waals surface area contributed by atoms with Gasteiger partial charge in [0.1, 0.15) is 16.9 Å². The summed E-state index contributed by atoms with van der Waals surface area (Å²) in [6.07, 6.45) is 5.69. The number of nitrogens with one attached hydrogen (secondary N) is 1. The van der Waals surface area contributed by atoms with Gasteiger partial charge in [0.25, 0.3) is 5.91 Å². The number of anilines is 1. The maximum absolute atomic E-state index is 13.3. The van der Waals surface area contributed by atoms with Crippen LogP contribution >= 0.6 is 11.8 Å². The van der Waals surface area contributed by atoms with Crippen molar-refractivity contribution in [3.8, 4) is 0 Å². The summed E-state index contributed by atoms with van der Waals surface area (Å²) in [4.78, 5) is 36.1. The molecule has 1 fully saturated rings. The van der Waals surface area contributed by atoms with Gasteiger partial charge < -0.3 is 10.2 Å². The summed E-state index contributed by atoms with van der Waals surface area (Å²) in [7, 11) is 0. The number of para-hydroxylation sites is 1. The lowest BCUT2D eigenvalue weighted by molar-refractivity contribution is -0.131. The molecule has 4 rings (SSSR count). The zero-order valence-electron chi connectivity index (χ0n) is 16.9. The number of likely N-dealkylation sites (tertiary alicyclic amines) is 1. The van der Waals surface area contributed by atoms with E-state index in [-0.39, 0.29) is 17.9 Å². The van der Waals surface area contributed by atoms with Gasteiger partial charge in [0, 0.05) is 31.7 Å². The van der Waals surface area contributed by atoms with Gasteiger partial charge in [-0.05, 0) is 31.2 Å². The Hall–Kier alpha value is -3.01. The zero-order chi connectivity index (χ0) is 21.1. The predicted octanol–water partition coefficient (Wildman–Crippen LogP) is 2.44. The lowest BCUT2D eigenvalue weighted by atomic mass is 10.0. The molecule has 2 aromatic heterocycles. The molecule has 0 aliphatic carbocycles. The SMILES string of the molecule is CCC(=O)N1CCC[C@@H](Nc2nc(SC)ncc2C(=O)n2nnc3ccccc32)C1. The van der Waals surface area contributed by atoms with E-state index in [4.69, 9.17) is 0 Å². The number of amides is 1. The van der Waals surface area contributed by atoms with Crippen LogP contribution in [0.5, 0.6) is 0 Å². The molecule has 0 unspecified atom stereocenters. The van der Waals surface area contributed by atoms with E-state index in [1.54, 1.807) is 12.1 Å². The minimum Gasteiger partial charge on any atom is -0.365 e. The predicted molar refractivity (Wildman–Crippen MR) is 115 cm³/mol. The molecule has 1 saturated heterocycles. The molecule has 1 aliphatic rings. The van der Waals surface area contributed by atoms with Gasteiger partial charge >= 0.3 is 0 Å². The van der Waals surface area contributed by atoms with Crippen molar-refractivity contribution in [3.63, 3.8) is 0 Å². The van der Waals surface area contributed by atoms with Crippen molar-refractivity contribution < 1.29 is 9.59 Å². The molecule has 1 atom stereocenters. The van der Waals surface area contributed by atoms with Gasteiger partial charge in [0.05, 0.1) is 5.52 Å². The van der Waals surface area contributed by atoms with Crippen molar-refractivity contribution in [2.24, 2.45) is 0 Å². The second-order valence-electron chi connectivity index (χ2n) is 7.09. The minimum absolute atomic E-state index is 0.0119. The third kappa shape index (κ3) is 4.00. The molecule has 1 aromatic carbocycles. The minimum atomic E-state index is -0.351. The average molecular weight is 426 g/mol. The lowest BCUT2D eigenvalue weighted by Crippen LogP contribution is -2.45. The lowest BCUT2D eigenvalue weighted by Gasteiger charge is -2.33. The summed E-state index contributed by atoms with van der Waals surface area (Å²) in [6, 6.07) is 7.30. The fourth-order valence-corrected chi connectivity index (χ4v) is 3.94. The van der Waals surface area contributed by atoms with Crippen molar-refractivity contribution in [1.29, 1.82) is 0 Å². The van der Waals surface area contributed by atoms with Crippen LogP contribution in [-0.2, 0) is 4.79 Å². The van der Waals surface area contributed by atoms with Crippen LogP contribution in [0.2, 0.25) is 0 Å². The van der Waals surface area contributed by atoms with Crippen LogP contribution in [0.25, 0.3) is 11.0 Å². The maximum atomic E-state index is 13.3. The third-order valence-corrected chi connectivity index (χ3v) is 5.70. The van der Waals surface area contributed by atoms with Crippen LogP contribution < -0.4 is 5.32 Å². The summed E-state index contributed by atoms with van der Waals surface area (Å²) in [5, 5.41) is 12.0. The van der Waals surface area contributed by atoms with Crippen molar-refractivity contribution in [3.05, 3.63) is 36.0 Å². The number of carbonyl (C=O) groups excluding carboxylic acids is 2. The van der Waals surface area contributed by atoms with Crippen LogP contribution in [0.1, 0.15) is 36.5 Å². The molecule has 1 N–H and O–H groups in total. The Balaban J connectivity index is 1.64. The number of hydrogen-bond donors (Lipinski definition) is 1. The smallest absolute Gasteiger partial charge is 0.285 e. The van der Waals surface area contributed by atoms with E-state index in [1.807, 2.05) is 30.2 Å². The molecule has 0 saturated carbocycles. The van der Waals surface area contributed by atoms with Crippen LogP contribution in [0, 0.1) is 0 Å². The number of benzene rings is 1. The molecule has 1 amide bonds. The van der Waals surface area contributed by atoms with Crippen molar-refractivity contribution in [2.45, 2.75) is 37.4 Å². The summed E-state index contributed by atoms with van der Waals surface area (Å²) in [6.45, 7) is 3.22. The van der Waals surface area contributed by atoms with Crippen molar-refractivity contribution in [1.82, 2.24) is 29.9 Å². The highest BCUT2D eigenvalue weighted by Gasteiger charge is 2.26. The summed E-state index contributed by atoms with van der Waals surface area (Å²) in [5.41, 5.74) is 1.59. The van der Waals surface area contributed by atoms with E-state index in [0.29, 0.717) is 40.5 Å². The summed E-state index contributed by atoms with van der Waals surface area (Å²) < 4.78 is 1.27. The molecule has 9 nitrogen and oxygen atoms in total. The molecule has 3 aromatic rings. The first-order chi connectivity index (χ1) is 14.6. The Morgan fingerprint density at radius 1 is 1.30 bits per heavy atom. The molecule has 3 heterocycles. The van der Waals surface area contributed by atoms with Gasteiger partial charge in [-0.2, -0.15) is 4.68 Å². The standard InChI is InChI=1S/C20H23N7O2S/c1-3-17(28)26-10-6-7-13(12-26)22-18-14(11-21-20(23-18)30-2)19(29)27-16-9-5-4-8-15(16)24-25-27/h4-5,8-9,11,13H,3,6-7,10,12H2,1-2H3,(H,21,22,23)/t13-/m1/s1. The van der Waals surface area contributed by atoms with Crippen molar-refractivity contribution >= 4 is 40.4 Å². The Morgan fingerprint density at radius 3 is 2.93 bits per heavy atom. The van der Waals surface area contributed by atoms with Crippen LogP contribution in [-0.4, -0.2) is 67.1 Å². The molecular weight excluding hydrogens is 402 g/mol. The number of aromatic nitrogens is 5. The average Bonchev–Trinajstić information content (AvgIpc) is 3.22. The molecular formula is C20H23N7O2S. The number of thioether (sulfide) groups is 1. The van der Waals surface area contributed by atoms with E-state index in [9.17, 15) is 9.59 Å². The first kappa shape index (κ1) is 20.3. The van der Waals surface area contributed by atoms with Gasteiger partial charge in [-0.15, -0.1) is 5.10 Å². The number of hydrogen-bond acceptors (Lipinski definition) is 8. The molecule has 156 valence electrons. The summed E-state index contributed by atoms with van der Waals surface area (Å²) >= 11 is 1.40. The van der Waals surface area contributed by atoms with E-state index >= 15 is 0 Å². The van der Waals surface area contributed by atoms with Crippen LogP contribution in [0.3, 0.4) is 0 Å². The fraction of sp³-hybridized carbons (Fsp3) is 0.400. The molecule has 1 aliphatic heterocycles. The first-order valence-electron chi connectivity index (χ1n) is 9.91. The van der Waals surface area contributed by atoms with Gasteiger partial charge in [0.2, 0.25) is 5.91 Å². The Bertz CT molecular complexity index is 1080. The van der Waals surface area contributed by atoms with E-state index < -0.39 is 0 Å².